The standard InChI is InChI=1S/C23H26N2O6/c26-20-10-9-19(21(27)24-20)14-1-5-17(6-2-14)31-18-7-3-15(4-8-18)22(28)25-12-11-16(13-25)23(29)30/h1-2,5-6,13,15,18-19H,3-4,7-12H2,(H,29,30)(H,24,26,27). The monoisotopic (exact) mass is 426 g/mol. The van der Waals surface area contributed by atoms with Crippen molar-refractivity contribution in [2.24, 2.45) is 5.92 Å². The van der Waals surface area contributed by atoms with Crippen LogP contribution in [0.15, 0.2) is 36.0 Å². The van der Waals surface area contributed by atoms with E-state index in [2.05, 4.69) is 5.32 Å². The van der Waals surface area contributed by atoms with Crippen LogP contribution in [0.1, 0.15) is 56.4 Å². The molecule has 1 atom stereocenters. The molecule has 1 aromatic carbocycles. The SMILES string of the molecule is O=C1CCC(c2ccc(OC3CCC(C(=O)N4C=C(C(=O)O)CC4)CC3)cc2)C(=O)N1. The number of hydrogen-bond acceptors (Lipinski definition) is 5. The van der Waals surface area contributed by atoms with Crippen molar-refractivity contribution in [2.75, 3.05) is 6.54 Å². The first kappa shape index (κ1) is 21.1. The van der Waals surface area contributed by atoms with Crippen LogP contribution in [0.3, 0.4) is 0 Å². The summed E-state index contributed by atoms with van der Waals surface area (Å²) in [4.78, 5) is 48.6. The zero-order valence-corrected chi connectivity index (χ0v) is 17.2. The highest BCUT2D eigenvalue weighted by Crippen LogP contribution is 2.31. The van der Waals surface area contributed by atoms with Crippen molar-refractivity contribution >= 4 is 23.7 Å². The van der Waals surface area contributed by atoms with Crippen LogP contribution in [0, 0.1) is 5.92 Å². The van der Waals surface area contributed by atoms with Gasteiger partial charge >= 0.3 is 5.97 Å². The Morgan fingerprint density at radius 1 is 1.00 bits per heavy atom. The molecule has 31 heavy (non-hydrogen) atoms. The molecule has 1 aromatic rings. The summed E-state index contributed by atoms with van der Waals surface area (Å²) >= 11 is 0. The topological polar surface area (TPSA) is 113 Å². The first-order valence-electron chi connectivity index (χ1n) is 10.8. The molecule has 2 aliphatic heterocycles. The van der Waals surface area contributed by atoms with Crippen LogP contribution in [0.5, 0.6) is 5.75 Å². The van der Waals surface area contributed by atoms with Gasteiger partial charge in [-0.1, -0.05) is 12.1 Å². The molecule has 0 radical (unpaired) electrons. The molecular formula is C23H26N2O6. The van der Waals surface area contributed by atoms with E-state index in [4.69, 9.17) is 9.84 Å². The summed E-state index contributed by atoms with van der Waals surface area (Å²) in [5, 5.41) is 11.4. The lowest BCUT2D eigenvalue weighted by molar-refractivity contribution is -0.135. The summed E-state index contributed by atoms with van der Waals surface area (Å²) in [5.41, 5.74) is 1.15. The average molecular weight is 426 g/mol. The van der Waals surface area contributed by atoms with Gasteiger partial charge in [-0.15, -0.1) is 0 Å². The third-order valence-electron chi connectivity index (χ3n) is 6.34. The summed E-state index contributed by atoms with van der Waals surface area (Å²) < 4.78 is 6.07. The maximum atomic E-state index is 12.7. The number of nitrogens with one attached hydrogen (secondary N) is 1. The van der Waals surface area contributed by atoms with Crippen molar-refractivity contribution in [1.82, 2.24) is 10.2 Å². The molecule has 1 saturated heterocycles. The smallest absolute Gasteiger partial charge is 0.333 e. The summed E-state index contributed by atoms with van der Waals surface area (Å²) in [6.45, 7) is 0.441. The molecule has 1 unspecified atom stereocenters. The van der Waals surface area contributed by atoms with E-state index in [1.54, 1.807) is 4.90 Å². The predicted molar refractivity (Wildman–Crippen MR) is 110 cm³/mol. The molecule has 3 amide bonds. The Hall–Kier alpha value is -3.16. The van der Waals surface area contributed by atoms with E-state index in [1.165, 1.54) is 6.20 Å². The largest absolute Gasteiger partial charge is 0.490 e. The summed E-state index contributed by atoms with van der Waals surface area (Å²) in [6, 6.07) is 7.42. The molecule has 3 aliphatic rings. The van der Waals surface area contributed by atoms with Crippen LogP contribution >= 0.6 is 0 Å². The van der Waals surface area contributed by atoms with Crippen molar-refractivity contribution < 1.29 is 29.0 Å². The molecule has 2 N–H and O–H groups in total. The molecule has 164 valence electrons. The number of aliphatic carboxylic acids is 1. The quantitative estimate of drug-likeness (QED) is 0.699. The molecule has 8 heteroatoms. The van der Waals surface area contributed by atoms with Gasteiger partial charge in [0.15, 0.2) is 0 Å². The average Bonchev–Trinajstić information content (AvgIpc) is 3.25. The second-order valence-electron chi connectivity index (χ2n) is 8.41. The molecule has 1 saturated carbocycles. The van der Waals surface area contributed by atoms with Crippen LogP contribution in [0.4, 0.5) is 0 Å². The van der Waals surface area contributed by atoms with Gasteiger partial charge in [-0.25, -0.2) is 4.79 Å². The number of piperidine rings is 1. The Bertz CT molecular complexity index is 914. The van der Waals surface area contributed by atoms with Crippen LogP contribution in [-0.2, 0) is 19.2 Å². The van der Waals surface area contributed by atoms with Crippen molar-refractivity contribution in [3.05, 3.63) is 41.6 Å². The van der Waals surface area contributed by atoms with Crippen molar-refractivity contribution in [3.63, 3.8) is 0 Å². The number of hydrogen-bond donors (Lipinski definition) is 2. The van der Waals surface area contributed by atoms with E-state index in [1.807, 2.05) is 24.3 Å². The number of benzene rings is 1. The minimum atomic E-state index is -0.962. The fraction of sp³-hybridized carbons (Fsp3) is 0.478. The number of carbonyl (C=O) groups is 4. The molecule has 1 aliphatic carbocycles. The summed E-state index contributed by atoms with van der Waals surface area (Å²) in [5.74, 6) is -1.12. The molecule has 2 heterocycles. The second-order valence-corrected chi connectivity index (χ2v) is 8.41. The van der Waals surface area contributed by atoms with Crippen molar-refractivity contribution in [2.45, 2.75) is 57.0 Å². The third-order valence-corrected chi connectivity index (χ3v) is 6.34. The molecule has 2 fully saturated rings. The van der Waals surface area contributed by atoms with Crippen LogP contribution in [-0.4, -0.2) is 46.3 Å². The molecule has 0 spiro atoms. The van der Waals surface area contributed by atoms with Gasteiger partial charge in [-0.2, -0.15) is 0 Å². The number of imide groups is 1. The number of carboxylic acid groups (broad SMARTS) is 1. The predicted octanol–water partition coefficient (Wildman–Crippen LogP) is 2.35. The highest BCUT2D eigenvalue weighted by Gasteiger charge is 2.32. The molecule has 0 bridgehead atoms. The lowest BCUT2D eigenvalue weighted by atomic mass is 9.86. The van der Waals surface area contributed by atoms with E-state index in [-0.39, 0.29) is 41.2 Å². The van der Waals surface area contributed by atoms with E-state index >= 15 is 0 Å². The van der Waals surface area contributed by atoms with Gasteiger partial charge in [0.05, 0.1) is 17.6 Å². The fourth-order valence-electron chi connectivity index (χ4n) is 4.54. The maximum absolute atomic E-state index is 12.7. The molecule has 8 nitrogen and oxygen atoms in total. The van der Waals surface area contributed by atoms with Gasteiger partial charge in [-0.05, 0) is 56.2 Å². The Morgan fingerprint density at radius 2 is 1.71 bits per heavy atom. The number of amides is 3. The first-order chi connectivity index (χ1) is 14.9. The first-order valence-corrected chi connectivity index (χ1v) is 10.8. The number of rotatable bonds is 5. The Labute approximate surface area is 180 Å². The Morgan fingerprint density at radius 3 is 2.32 bits per heavy atom. The van der Waals surface area contributed by atoms with Gasteiger partial charge < -0.3 is 14.7 Å². The zero-order chi connectivity index (χ0) is 22.0. The van der Waals surface area contributed by atoms with Gasteiger partial charge in [0.25, 0.3) is 0 Å². The Balaban J connectivity index is 1.27. The van der Waals surface area contributed by atoms with E-state index < -0.39 is 5.97 Å². The van der Waals surface area contributed by atoms with E-state index in [9.17, 15) is 19.2 Å². The van der Waals surface area contributed by atoms with Gasteiger partial charge in [0.1, 0.15) is 5.75 Å². The maximum Gasteiger partial charge on any atom is 0.333 e. The fourth-order valence-corrected chi connectivity index (χ4v) is 4.54. The highest BCUT2D eigenvalue weighted by atomic mass is 16.5. The molecular weight excluding hydrogens is 400 g/mol. The minimum Gasteiger partial charge on any atom is -0.490 e. The number of nitrogens with zero attached hydrogens (tertiary/aromatic N) is 1. The van der Waals surface area contributed by atoms with Crippen LogP contribution in [0.2, 0.25) is 0 Å². The summed E-state index contributed by atoms with van der Waals surface area (Å²) in [7, 11) is 0. The van der Waals surface area contributed by atoms with Gasteiger partial charge in [-0.3, -0.25) is 19.7 Å². The van der Waals surface area contributed by atoms with Crippen molar-refractivity contribution in [3.8, 4) is 5.75 Å². The Kier molecular flexibility index (Phi) is 6.06. The number of carboxylic acids is 1. The van der Waals surface area contributed by atoms with Gasteiger partial charge in [0.2, 0.25) is 17.7 Å². The van der Waals surface area contributed by atoms with Gasteiger partial charge in [0, 0.05) is 25.1 Å². The van der Waals surface area contributed by atoms with Crippen molar-refractivity contribution in [1.29, 1.82) is 0 Å². The third kappa shape index (κ3) is 4.78. The number of carbonyl (C=O) groups excluding carboxylic acids is 3. The van der Waals surface area contributed by atoms with Crippen LogP contribution in [0.25, 0.3) is 0 Å². The van der Waals surface area contributed by atoms with E-state index in [0.717, 1.165) is 24.2 Å². The van der Waals surface area contributed by atoms with Crippen LogP contribution < -0.4 is 10.1 Å². The zero-order valence-electron chi connectivity index (χ0n) is 17.2. The normalized spacial score (nSPS) is 26.3. The highest BCUT2D eigenvalue weighted by molar-refractivity contribution is 6.00. The number of ether oxygens (including phenoxy) is 1. The molecule has 4 rings (SSSR count). The lowest BCUT2D eigenvalue weighted by Crippen LogP contribution is -2.39. The summed E-state index contributed by atoms with van der Waals surface area (Å²) in [6.07, 6.45) is 5.70. The second kappa shape index (κ2) is 8.91. The lowest BCUT2D eigenvalue weighted by Gasteiger charge is -2.30. The van der Waals surface area contributed by atoms with E-state index in [0.29, 0.717) is 38.6 Å². The minimum absolute atomic E-state index is 0.00305. The molecule has 0 aromatic heterocycles.